The zero-order chi connectivity index (χ0) is 16.4. The second-order valence-electron chi connectivity index (χ2n) is 6.70. The Labute approximate surface area is 155 Å². The smallest absolute Gasteiger partial charge is 0.227 e. The van der Waals surface area contributed by atoms with Crippen molar-refractivity contribution < 1.29 is 4.79 Å². The number of fused-ring (bicyclic) bond motifs is 1. The molecule has 1 aromatic carbocycles. The molecule has 2 aromatic rings. The van der Waals surface area contributed by atoms with Crippen molar-refractivity contribution in [2.75, 3.05) is 44.2 Å². The molecule has 25 heavy (non-hydrogen) atoms. The highest BCUT2D eigenvalue weighted by atomic mass is 32.1. The second-order valence-corrected chi connectivity index (χ2v) is 6.70. The number of piperidine rings is 1. The highest BCUT2D eigenvalue weighted by molar-refractivity contribution is 7.59. The zero-order valence-electron chi connectivity index (χ0n) is 14.4. The van der Waals surface area contributed by atoms with Crippen LogP contribution in [0.3, 0.4) is 0 Å². The van der Waals surface area contributed by atoms with E-state index in [4.69, 9.17) is 0 Å². The average molecular weight is 359 g/mol. The van der Waals surface area contributed by atoms with Crippen molar-refractivity contribution in [1.29, 1.82) is 0 Å². The van der Waals surface area contributed by atoms with E-state index in [2.05, 4.69) is 44.4 Å². The van der Waals surface area contributed by atoms with Crippen molar-refractivity contribution in [2.24, 2.45) is 5.92 Å². The molecule has 0 aliphatic carbocycles. The SMILES string of the molecule is O=C([C@H]1CCCNC1)N1CCN(c2ccnc3ccccc23)CC1.S. The van der Waals surface area contributed by atoms with Gasteiger partial charge in [-0.2, -0.15) is 13.5 Å². The Bertz CT molecular complexity index is 719. The van der Waals surface area contributed by atoms with Gasteiger partial charge in [0.15, 0.2) is 0 Å². The Kier molecular flexibility index (Phi) is 5.81. The summed E-state index contributed by atoms with van der Waals surface area (Å²) in [4.78, 5) is 21.5. The normalized spacial score (nSPS) is 21.0. The lowest BCUT2D eigenvalue weighted by Crippen LogP contribution is -2.52. The van der Waals surface area contributed by atoms with E-state index < -0.39 is 0 Å². The standard InChI is InChI=1S/C19H24N4O.H2S/c24-19(15-4-3-8-20-14-15)23-12-10-22(11-13-23)18-7-9-21-17-6-2-1-5-16(17)18;/h1-2,5-7,9,15,20H,3-4,8,10-14H2;1H2/t15-;/m0./s1. The summed E-state index contributed by atoms with van der Waals surface area (Å²) < 4.78 is 0. The molecule has 2 saturated heterocycles. The molecular formula is C19H26N4OS. The van der Waals surface area contributed by atoms with Crippen LogP contribution >= 0.6 is 13.5 Å². The molecule has 0 spiro atoms. The number of pyridine rings is 1. The van der Waals surface area contributed by atoms with Crippen LogP contribution in [0.5, 0.6) is 0 Å². The third kappa shape index (κ3) is 3.75. The van der Waals surface area contributed by atoms with Gasteiger partial charge < -0.3 is 15.1 Å². The molecule has 1 aromatic heterocycles. The molecule has 2 fully saturated rings. The Morgan fingerprint density at radius 3 is 2.68 bits per heavy atom. The quantitative estimate of drug-likeness (QED) is 0.892. The monoisotopic (exact) mass is 358 g/mol. The minimum Gasteiger partial charge on any atom is -0.367 e. The van der Waals surface area contributed by atoms with Gasteiger partial charge >= 0.3 is 0 Å². The fourth-order valence-corrected chi connectivity index (χ4v) is 3.85. The van der Waals surface area contributed by atoms with Gasteiger partial charge in [-0.15, -0.1) is 0 Å². The molecule has 0 radical (unpaired) electrons. The number of carbonyl (C=O) groups excluding carboxylic acids is 1. The first kappa shape index (κ1) is 18.0. The second kappa shape index (κ2) is 8.06. The van der Waals surface area contributed by atoms with Crippen LogP contribution in [0.15, 0.2) is 36.5 Å². The number of hydrogen-bond acceptors (Lipinski definition) is 4. The van der Waals surface area contributed by atoms with Crippen molar-refractivity contribution in [1.82, 2.24) is 15.2 Å². The molecular weight excluding hydrogens is 332 g/mol. The molecule has 0 bridgehead atoms. The lowest BCUT2D eigenvalue weighted by molar-refractivity contribution is -0.136. The predicted molar refractivity (Wildman–Crippen MR) is 107 cm³/mol. The number of nitrogens with one attached hydrogen (secondary N) is 1. The van der Waals surface area contributed by atoms with E-state index >= 15 is 0 Å². The third-order valence-corrected chi connectivity index (χ3v) is 5.20. The molecule has 3 heterocycles. The molecule has 6 heteroatoms. The van der Waals surface area contributed by atoms with Gasteiger partial charge in [-0.05, 0) is 31.5 Å². The summed E-state index contributed by atoms with van der Waals surface area (Å²) >= 11 is 0. The van der Waals surface area contributed by atoms with Crippen LogP contribution < -0.4 is 10.2 Å². The van der Waals surface area contributed by atoms with Gasteiger partial charge in [0.25, 0.3) is 0 Å². The van der Waals surface area contributed by atoms with Gasteiger partial charge in [-0.1, -0.05) is 18.2 Å². The van der Waals surface area contributed by atoms with Crippen LogP contribution in [-0.4, -0.2) is 55.1 Å². The number of hydrogen-bond donors (Lipinski definition) is 1. The van der Waals surface area contributed by atoms with E-state index in [9.17, 15) is 4.79 Å². The molecule has 1 N–H and O–H groups in total. The van der Waals surface area contributed by atoms with Crippen molar-refractivity contribution in [2.45, 2.75) is 12.8 Å². The van der Waals surface area contributed by atoms with Crippen molar-refractivity contribution in [3.8, 4) is 0 Å². The van der Waals surface area contributed by atoms with E-state index in [0.717, 1.165) is 57.6 Å². The van der Waals surface area contributed by atoms with E-state index in [-0.39, 0.29) is 19.4 Å². The van der Waals surface area contributed by atoms with Crippen LogP contribution in [0.1, 0.15) is 12.8 Å². The number of benzene rings is 1. The molecule has 1 atom stereocenters. The molecule has 5 nitrogen and oxygen atoms in total. The Hall–Kier alpha value is -1.79. The van der Waals surface area contributed by atoms with Crippen molar-refractivity contribution in [3.05, 3.63) is 36.5 Å². The van der Waals surface area contributed by atoms with E-state index in [1.807, 2.05) is 12.3 Å². The van der Waals surface area contributed by atoms with E-state index in [1.54, 1.807) is 0 Å². The fraction of sp³-hybridized carbons (Fsp3) is 0.474. The predicted octanol–water partition coefficient (Wildman–Crippen LogP) is 2.00. The number of rotatable bonds is 2. The van der Waals surface area contributed by atoms with Gasteiger partial charge in [-0.3, -0.25) is 9.78 Å². The first-order chi connectivity index (χ1) is 11.8. The van der Waals surface area contributed by atoms with Crippen LogP contribution in [0, 0.1) is 5.92 Å². The number of aromatic nitrogens is 1. The number of nitrogens with zero attached hydrogens (tertiary/aromatic N) is 3. The average Bonchev–Trinajstić information content (AvgIpc) is 2.68. The molecule has 2 aliphatic heterocycles. The van der Waals surface area contributed by atoms with Gasteiger partial charge in [0.2, 0.25) is 5.91 Å². The molecule has 0 saturated carbocycles. The summed E-state index contributed by atoms with van der Waals surface area (Å²) in [6.07, 6.45) is 4.02. The highest BCUT2D eigenvalue weighted by Gasteiger charge is 2.28. The molecule has 134 valence electrons. The maximum atomic E-state index is 12.7. The number of para-hydroxylation sites is 1. The fourth-order valence-electron chi connectivity index (χ4n) is 3.85. The number of piperazine rings is 1. The first-order valence-corrected chi connectivity index (χ1v) is 8.91. The molecule has 0 unspecified atom stereocenters. The van der Waals surface area contributed by atoms with Gasteiger partial charge in [-0.25, -0.2) is 0 Å². The van der Waals surface area contributed by atoms with Crippen LogP contribution in [-0.2, 0) is 4.79 Å². The Morgan fingerprint density at radius 2 is 1.92 bits per heavy atom. The summed E-state index contributed by atoms with van der Waals surface area (Å²) in [6, 6.07) is 10.3. The van der Waals surface area contributed by atoms with Gasteiger partial charge in [0, 0.05) is 50.0 Å². The first-order valence-electron chi connectivity index (χ1n) is 8.91. The molecule has 1 amide bonds. The maximum Gasteiger partial charge on any atom is 0.227 e. The van der Waals surface area contributed by atoms with Crippen molar-refractivity contribution in [3.63, 3.8) is 0 Å². The van der Waals surface area contributed by atoms with Gasteiger partial charge in [0.1, 0.15) is 0 Å². The van der Waals surface area contributed by atoms with Crippen molar-refractivity contribution >= 4 is 36.0 Å². The zero-order valence-corrected chi connectivity index (χ0v) is 15.4. The summed E-state index contributed by atoms with van der Waals surface area (Å²) in [6.45, 7) is 5.29. The van der Waals surface area contributed by atoms with Crippen LogP contribution in [0.4, 0.5) is 5.69 Å². The third-order valence-electron chi connectivity index (χ3n) is 5.20. The summed E-state index contributed by atoms with van der Waals surface area (Å²) in [5.41, 5.74) is 2.26. The van der Waals surface area contributed by atoms with Gasteiger partial charge in [0.05, 0.1) is 11.4 Å². The summed E-state index contributed by atoms with van der Waals surface area (Å²) in [5.74, 6) is 0.508. The minimum absolute atomic E-state index is 0. The van der Waals surface area contributed by atoms with Crippen LogP contribution in [0.2, 0.25) is 0 Å². The summed E-state index contributed by atoms with van der Waals surface area (Å²) in [5, 5.41) is 4.54. The lowest BCUT2D eigenvalue weighted by Gasteiger charge is -2.38. The Morgan fingerprint density at radius 1 is 1.12 bits per heavy atom. The van der Waals surface area contributed by atoms with Crippen LogP contribution in [0.25, 0.3) is 10.9 Å². The summed E-state index contributed by atoms with van der Waals surface area (Å²) in [7, 11) is 0. The number of carbonyl (C=O) groups is 1. The lowest BCUT2D eigenvalue weighted by atomic mass is 9.98. The molecule has 2 aliphatic rings. The highest BCUT2D eigenvalue weighted by Crippen LogP contribution is 2.26. The van der Waals surface area contributed by atoms with E-state index in [1.165, 1.54) is 11.1 Å². The largest absolute Gasteiger partial charge is 0.367 e. The maximum absolute atomic E-state index is 12.7. The number of anilines is 1. The Balaban J connectivity index is 0.00000182. The van der Waals surface area contributed by atoms with E-state index in [0.29, 0.717) is 5.91 Å². The topological polar surface area (TPSA) is 48.5 Å². The number of amides is 1. The minimum atomic E-state index is 0. The molecule has 4 rings (SSSR count).